The number of anilines is 1. The smallest absolute Gasteiger partial charge is 0.343 e. The van der Waals surface area contributed by atoms with Crippen LogP contribution in [0.5, 0.6) is 5.75 Å². The Hall–Kier alpha value is -2.12. The minimum atomic E-state index is -0.786. The second-order valence-corrected chi connectivity index (χ2v) is 5.29. The zero-order valence-corrected chi connectivity index (χ0v) is 13.4. The highest BCUT2D eigenvalue weighted by atomic mass is 16.6. The number of piperidine rings is 1. The van der Waals surface area contributed by atoms with Gasteiger partial charge in [-0.2, -0.15) is 0 Å². The van der Waals surface area contributed by atoms with Crippen LogP contribution < -0.4 is 15.4 Å². The molecular formula is C16H22N2O5. The number of amides is 1. The van der Waals surface area contributed by atoms with Crippen LogP contribution in [0.1, 0.15) is 12.8 Å². The molecule has 0 saturated carbocycles. The molecule has 1 aliphatic rings. The van der Waals surface area contributed by atoms with Crippen LogP contribution in [-0.4, -0.2) is 51.4 Å². The number of nitrogens with one attached hydrogen (secondary N) is 2. The summed E-state index contributed by atoms with van der Waals surface area (Å²) in [4.78, 5) is 23.5. The van der Waals surface area contributed by atoms with Gasteiger partial charge in [-0.1, -0.05) is 0 Å². The van der Waals surface area contributed by atoms with Gasteiger partial charge in [-0.05, 0) is 50.2 Å². The van der Waals surface area contributed by atoms with Gasteiger partial charge in [0.1, 0.15) is 11.4 Å². The number of carbonyl (C=O) groups is 2. The summed E-state index contributed by atoms with van der Waals surface area (Å²) in [6.45, 7) is 1.35. The van der Waals surface area contributed by atoms with E-state index in [1.807, 2.05) is 0 Å². The Labute approximate surface area is 135 Å². The fourth-order valence-corrected chi connectivity index (χ4v) is 2.44. The lowest BCUT2D eigenvalue weighted by atomic mass is 9.91. The number of methoxy groups -OCH3 is 2. The molecule has 0 bridgehead atoms. The van der Waals surface area contributed by atoms with Crippen molar-refractivity contribution in [3.8, 4) is 5.75 Å². The van der Waals surface area contributed by atoms with Gasteiger partial charge >= 0.3 is 5.97 Å². The molecule has 1 heterocycles. The molecule has 1 aromatic rings. The Kier molecular flexibility index (Phi) is 5.95. The number of carbonyl (C=O) groups excluding carboxylic acids is 2. The fourth-order valence-electron chi connectivity index (χ4n) is 2.44. The molecular weight excluding hydrogens is 300 g/mol. The summed E-state index contributed by atoms with van der Waals surface area (Å²) >= 11 is 0. The predicted octanol–water partition coefficient (Wildman–Crippen LogP) is 0.945. The van der Waals surface area contributed by atoms with Crippen LogP contribution in [0.3, 0.4) is 0 Å². The van der Waals surface area contributed by atoms with Gasteiger partial charge in [0.15, 0.2) is 6.61 Å². The first kappa shape index (κ1) is 17.2. The van der Waals surface area contributed by atoms with Crippen molar-refractivity contribution in [2.24, 2.45) is 0 Å². The first-order valence-electron chi connectivity index (χ1n) is 7.46. The Morgan fingerprint density at radius 3 is 2.39 bits per heavy atom. The normalized spacial score (nSPS) is 16.4. The molecule has 1 saturated heterocycles. The van der Waals surface area contributed by atoms with E-state index in [0.717, 1.165) is 13.1 Å². The van der Waals surface area contributed by atoms with Crippen LogP contribution >= 0.6 is 0 Å². The first-order chi connectivity index (χ1) is 11.1. The maximum Gasteiger partial charge on any atom is 0.343 e. The standard InChI is InChI=1S/C16H22N2O5/c1-21-14(19)11-23-13-5-3-12(4-6-13)18-15(20)16(22-2)7-9-17-10-8-16/h3-6,17H,7-11H2,1-2H3,(H,18,20). The summed E-state index contributed by atoms with van der Waals surface area (Å²) in [5.41, 5.74) is -0.138. The topological polar surface area (TPSA) is 85.9 Å². The summed E-state index contributed by atoms with van der Waals surface area (Å²) in [5, 5.41) is 6.08. The number of esters is 1. The molecule has 0 aliphatic carbocycles. The predicted molar refractivity (Wildman–Crippen MR) is 84.4 cm³/mol. The van der Waals surface area contributed by atoms with Gasteiger partial charge in [0.25, 0.3) is 5.91 Å². The summed E-state index contributed by atoms with van der Waals surface area (Å²) < 4.78 is 15.2. The fraction of sp³-hybridized carbons (Fsp3) is 0.500. The number of ether oxygens (including phenoxy) is 3. The van der Waals surface area contributed by atoms with Crippen molar-refractivity contribution in [2.75, 3.05) is 39.2 Å². The van der Waals surface area contributed by atoms with Crippen molar-refractivity contribution in [2.45, 2.75) is 18.4 Å². The molecule has 23 heavy (non-hydrogen) atoms. The first-order valence-corrected chi connectivity index (χ1v) is 7.46. The number of rotatable bonds is 6. The quantitative estimate of drug-likeness (QED) is 0.758. The van der Waals surface area contributed by atoms with E-state index in [1.54, 1.807) is 31.4 Å². The zero-order chi connectivity index (χ0) is 16.7. The lowest BCUT2D eigenvalue weighted by molar-refractivity contribution is -0.143. The number of hydrogen-bond donors (Lipinski definition) is 2. The summed E-state index contributed by atoms with van der Waals surface area (Å²) in [7, 11) is 2.87. The molecule has 1 fully saturated rings. The van der Waals surface area contributed by atoms with E-state index in [9.17, 15) is 9.59 Å². The van der Waals surface area contributed by atoms with Crippen LogP contribution in [0.25, 0.3) is 0 Å². The average Bonchev–Trinajstić information content (AvgIpc) is 2.61. The van der Waals surface area contributed by atoms with Crippen molar-refractivity contribution < 1.29 is 23.8 Å². The Morgan fingerprint density at radius 1 is 1.17 bits per heavy atom. The highest BCUT2D eigenvalue weighted by molar-refractivity contribution is 5.97. The molecule has 1 amide bonds. The van der Waals surface area contributed by atoms with E-state index in [-0.39, 0.29) is 12.5 Å². The van der Waals surface area contributed by atoms with Crippen LogP contribution in [-0.2, 0) is 19.1 Å². The molecule has 2 rings (SSSR count). The van der Waals surface area contributed by atoms with Crippen LogP contribution in [0.2, 0.25) is 0 Å². The van der Waals surface area contributed by atoms with Gasteiger partial charge < -0.3 is 24.8 Å². The lowest BCUT2D eigenvalue weighted by Crippen LogP contribution is -2.51. The monoisotopic (exact) mass is 322 g/mol. The zero-order valence-electron chi connectivity index (χ0n) is 13.4. The van der Waals surface area contributed by atoms with Crippen molar-refractivity contribution in [1.29, 1.82) is 0 Å². The largest absolute Gasteiger partial charge is 0.482 e. The van der Waals surface area contributed by atoms with E-state index in [0.29, 0.717) is 24.3 Å². The second-order valence-electron chi connectivity index (χ2n) is 5.29. The minimum absolute atomic E-state index is 0.148. The second kappa shape index (κ2) is 7.94. The molecule has 7 nitrogen and oxygen atoms in total. The highest BCUT2D eigenvalue weighted by Crippen LogP contribution is 2.25. The van der Waals surface area contributed by atoms with Crippen LogP contribution in [0.4, 0.5) is 5.69 Å². The third-order valence-electron chi connectivity index (χ3n) is 3.91. The molecule has 0 spiro atoms. The van der Waals surface area contributed by atoms with Crippen molar-refractivity contribution >= 4 is 17.6 Å². The number of hydrogen-bond acceptors (Lipinski definition) is 6. The van der Waals surface area contributed by atoms with Gasteiger partial charge in [-0.25, -0.2) is 4.79 Å². The minimum Gasteiger partial charge on any atom is -0.482 e. The SMILES string of the molecule is COC(=O)COc1ccc(NC(=O)C2(OC)CCNCC2)cc1. The van der Waals surface area contributed by atoms with E-state index in [1.165, 1.54) is 7.11 Å². The number of benzene rings is 1. The maximum atomic E-state index is 12.5. The van der Waals surface area contributed by atoms with Gasteiger partial charge in [0.2, 0.25) is 0 Å². The van der Waals surface area contributed by atoms with E-state index in [2.05, 4.69) is 15.4 Å². The molecule has 0 unspecified atom stereocenters. The Balaban J connectivity index is 1.94. The molecule has 7 heteroatoms. The van der Waals surface area contributed by atoms with Gasteiger partial charge in [-0.3, -0.25) is 4.79 Å². The maximum absolute atomic E-state index is 12.5. The molecule has 0 aromatic heterocycles. The molecule has 0 atom stereocenters. The van der Waals surface area contributed by atoms with E-state index in [4.69, 9.17) is 9.47 Å². The highest BCUT2D eigenvalue weighted by Gasteiger charge is 2.39. The van der Waals surface area contributed by atoms with E-state index >= 15 is 0 Å². The summed E-state index contributed by atoms with van der Waals surface area (Å²) in [5.74, 6) is -0.0724. The lowest BCUT2D eigenvalue weighted by Gasteiger charge is -2.34. The molecule has 1 aliphatic heterocycles. The van der Waals surface area contributed by atoms with Crippen LogP contribution in [0, 0.1) is 0 Å². The Bertz CT molecular complexity index is 538. The van der Waals surface area contributed by atoms with Crippen molar-refractivity contribution in [3.63, 3.8) is 0 Å². The summed E-state index contributed by atoms with van der Waals surface area (Å²) in [6, 6.07) is 6.80. The summed E-state index contributed by atoms with van der Waals surface area (Å²) in [6.07, 6.45) is 1.27. The molecule has 0 radical (unpaired) electrons. The van der Waals surface area contributed by atoms with Gasteiger partial charge in [-0.15, -0.1) is 0 Å². The van der Waals surface area contributed by atoms with Gasteiger partial charge in [0, 0.05) is 12.8 Å². The molecule has 2 N–H and O–H groups in total. The third kappa shape index (κ3) is 4.43. The van der Waals surface area contributed by atoms with Crippen molar-refractivity contribution in [1.82, 2.24) is 5.32 Å². The molecule has 1 aromatic carbocycles. The van der Waals surface area contributed by atoms with E-state index < -0.39 is 11.6 Å². The third-order valence-corrected chi connectivity index (χ3v) is 3.91. The van der Waals surface area contributed by atoms with Crippen molar-refractivity contribution in [3.05, 3.63) is 24.3 Å². The Morgan fingerprint density at radius 2 is 1.83 bits per heavy atom. The average molecular weight is 322 g/mol. The van der Waals surface area contributed by atoms with Crippen LogP contribution in [0.15, 0.2) is 24.3 Å². The molecule has 126 valence electrons. The van der Waals surface area contributed by atoms with Gasteiger partial charge in [0.05, 0.1) is 7.11 Å².